The summed E-state index contributed by atoms with van der Waals surface area (Å²) in [4.78, 5) is 9.00. The van der Waals surface area contributed by atoms with Crippen LogP contribution in [0.15, 0.2) is 48.5 Å². The van der Waals surface area contributed by atoms with Crippen LogP contribution in [0.5, 0.6) is 11.5 Å². The lowest BCUT2D eigenvalue weighted by molar-refractivity contribution is -0.134. The zero-order valence-corrected chi connectivity index (χ0v) is 20.4. The number of aliphatic carboxylic acids is 1. The maximum atomic E-state index is 12.1. The predicted octanol–water partition coefficient (Wildman–Crippen LogP) is 5.85. The first-order valence-corrected chi connectivity index (χ1v) is 11.2. The SMILES string of the molecule is CC.CC(=O)O.CC(C)(c1ccc(OCCCF)cc1)c1ccc(OCC(O)CCl)cc1. The predicted molar refractivity (Wildman–Crippen MR) is 128 cm³/mol. The van der Waals surface area contributed by atoms with Gasteiger partial charge in [0.05, 0.1) is 19.2 Å². The highest BCUT2D eigenvalue weighted by Crippen LogP contribution is 2.33. The molecule has 0 spiro atoms. The Morgan fingerprint density at radius 3 is 1.78 bits per heavy atom. The maximum Gasteiger partial charge on any atom is 0.300 e. The van der Waals surface area contributed by atoms with Crippen molar-refractivity contribution in [1.82, 2.24) is 0 Å². The molecular weight excluding hydrogens is 435 g/mol. The average molecular weight is 471 g/mol. The van der Waals surface area contributed by atoms with E-state index in [9.17, 15) is 9.50 Å². The van der Waals surface area contributed by atoms with E-state index < -0.39 is 12.1 Å². The standard InChI is InChI=1S/C21H26ClFO3.C2H4O2.C2H6/c1-21(2,16-4-8-19(9-5-16)25-13-3-12-23)17-6-10-20(11-7-17)26-15-18(24)14-22;1-2(3)4;1-2/h4-11,18,24H,3,12-15H2,1-2H3;1H3,(H,3,4);1-2H3. The fourth-order valence-electron chi connectivity index (χ4n) is 2.58. The van der Waals surface area contributed by atoms with E-state index in [2.05, 4.69) is 13.8 Å². The van der Waals surface area contributed by atoms with Crippen LogP contribution in [0, 0.1) is 0 Å². The molecular formula is C25H36ClFO5. The second-order valence-corrected chi connectivity index (χ2v) is 7.51. The number of hydrogen-bond acceptors (Lipinski definition) is 4. The molecule has 0 saturated carbocycles. The molecule has 2 N–H and O–H groups in total. The van der Waals surface area contributed by atoms with E-state index in [0.717, 1.165) is 23.8 Å². The second kappa shape index (κ2) is 16.3. The number of hydrogen-bond donors (Lipinski definition) is 2. The molecule has 2 rings (SSSR count). The Morgan fingerprint density at radius 2 is 1.41 bits per heavy atom. The minimum absolute atomic E-state index is 0.151. The Morgan fingerprint density at radius 1 is 1.00 bits per heavy atom. The van der Waals surface area contributed by atoms with E-state index in [1.54, 1.807) is 0 Å². The molecule has 1 atom stereocenters. The van der Waals surface area contributed by atoms with E-state index in [-0.39, 0.29) is 24.6 Å². The maximum absolute atomic E-state index is 12.1. The van der Waals surface area contributed by atoms with Crippen LogP contribution in [0.2, 0.25) is 0 Å². The van der Waals surface area contributed by atoms with Gasteiger partial charge in [-0.05, 0) is 35.4 Å². The highest BCUT2D eigenvalue weighted by Gasteiger charge is 2.23. The van der Waals surface area contributed by atoms with Gasteiger partial charge in [0, 0.05) is 18.8 Å². The summed E-state index contributed by atoms with van der Waals surface area (Å²) < 4.78 is 23.2. The highest BCUT2D eigenvalue weighted by atomic mass is 35.5. The lowest BCUT2D eigenvalue weighted by atomic mass is 9.78. The first kappa shape index (κ1) is 29.7. The fourth-order valence-corrected chi connectivity index (χ4v) is 2.67. The van der Waals surface area contributed by atoms with Gasteiger partial charge in [0.25, 0.3) is 5.97 Å². The molecule has 32 heavy (non-hydrogen) atoms. The molecule has 1 unspecified atom stereocenters. The molecule has 2 aromatic carbocycles. The first-order valence-electron chi connectivity index (χ1n) is 10.7. The lowest BCUT2D eigenvalue weighted by Gasteiger charge is -2.26. The molecule has 0 fully saturated rings. The van der Waals surface area contributed by atoms with Gasteiger partial charge in [0.2, 0.25) is 0 Å². The van der Waals surface area contributed by atoms with E-state index in [4.69, 9.17) is 31.0 Å². The number of carbonyl (C=O) groups is 1. The highest BCUT2D eigenvalue weighted by molar-refractivity contribution is 6.18. The fraction of sp³-hybridized carbons (Fsp3) is 0.480. The number of aliphatic hydroxyl groups excluding tert-OH is 1. The monoisotopic (exact) mass is 470 g/mol. The second-order valence-electron chi connectivity index (χ2n) is 7.20. The molecule has 0 aromatic heterocycles. The number of aliphatic hydroxyl groups is 1. The van der Waals surface area contributed by atoms with Crippen LogP contribution in [0.4, 0.5) is 4.39 Å². The topological polar surface area (TPSA) is 76.0 Å². The van der Waals surface area contributed by atoms with E-state index in [0.29, 0.717) is 18.8 Å². The summed E-state index contributed by atoms with van der Waals surface area (Å²) in [6, 6.07) is 15.7. The van der Waals surface area contributed by atoms with Crippen molar-refractivity contribution in [2.45, 2.75) is 52.6 Å². The Hall–Kier alpha value is -2.31. The van der Waals surface area contributed by atoms with Crippen LogP contribution >= 0.6 is 11.6 Å². The van der Waals surface area contributed by atoms with Gasteiger partial charge in [-0.3, -0.25) is 9.18 Å². The summed E-state index contributed by atoms with van der Waals surface area (Å²) in [5.41, 5.74) is 2.11. The number of carboxylic acids is 1. The summed E-state index contributed by atoms with van der Waals surface area (Å²) >= 11 is 5.56. The van der Waals surface area contributed by atoms with Crippen molar-refractivity contribution in [2.75, 3.05) is 25.8 Å². The van der Waals surface area contributed by atoms with Gasteiger partial charge < -0.3 is 19.7 Å². The third-order valence-corrected chi connectivity index (χ3v) is 4.68. The summed E-state index contributed by atoms with van der Waals surface area (Å²) in [6.07, 6.45) is -0.262. The van der Waals surface area contributed by atoms with Gasteiger partial charge in [-0.2, -0.15) is 0 Å². The molecule has 0 heterocycles. The van der Waals surface area contributed by atoms with E-state index in [1.807, 2.05) is 62.4 Å². The summed E-state index contributed by atoms with van der Waals surface area (Å²) in [5, 5.41) is 16.9. The third kappa shape index (κ3) is 11.3. The van der Waals surface area contributed by atoms with E-state index in [1.165, 1.54) is 0 Å². The number of benzene rings is 2. The Kier molecular flexibility index (Phi) is 15.2. The number of ether oxygens (including phenoxy) is 2. The van der Waals surface area contributed by atoms with Crippen LogP contribution in [-0.2, 0) is 10.2 Å². The Balaban J connectivity index is 0.00000144. The van der Waals surface area contributed by atoms with Gasteiger partial charge >= 0.3 is 0 Å². The molecule has 0 amide bonds. The van der Waals surface area contributed by atoms with Gasteiger partial charge in [0.1, 0.15) is 24.2 Å². The first-order chi connectivity index (χ1) is 15.2. The summed E-state index contributed by atoms with van der Waals surface area (Å²) in [5.74, 6) is 0.767. The molecule has 5 nitrogen and oxygen atoms in total. The van der Waals surface area contributed by atoms with Gasteiger partial charge in [-0.15, -0.1) is 11.6 Å². The number of rotatable bonds is 10. The van der Waals surface area contributed by atoms with Gasteiger partial charge in [0.15, 0.2) is 0 Å². The van der Waals surface area contributed by atoms with Crippen molar-refractivity contribution in [2.24, 2.45) is 0 Å². The smallest absolute Gasteiger partial charge is 0.300 e. The molecule has 7 heteroatoms. The third-order valence-electron chi connectivity index (χ3n) is 4.32. The quantitative estimate of drug-likeness (QED) is 0.336. The molecule has 2 aromatic rings. The molecule has 0 saturated heterocycles. The van der Waals surface area contributed by atoms with Crippen molar-refractivity contribution in [1.29, 1.82) is 0 Å². The van der Waals surface area contributed by atoms with Crippen molar-refractivity contribution < 1.29 is 28.9 Å². The van der Waals surface area contributed by atoms with Crippen LogP contribution < -0.4 is 9.47 Å². The zero-order chi connectivity index (χ0) is 24.6. The number of alkyl halides is 2. The van der Waals surface area contributed by atoms with Crippen LogP contribution in [0.1, 0.15) is 52.2 Å². The minimum atomic E-state index is -0.833. The van der Waals surface area contributed by atoms with Crippen molar-refractivity contribution in [3.8, 4) is 11.5 Å². The summed E-state index contributed by atoms with van der Waals surface area (Å²) in [7, 11) is 0. The molecule has 0 bridgehead atoms. The van der Waals surface area contributed by atoms with Crippen molar-refractivity contribution in [3.63, 3.8) is 0 Å². The van der Waals surface area contributed by atoms with Crippen molar-refractivity contribution in [3.05, 3.63) is 59.7 Å². The average Bonchev–Trinajstić information content (AvgIpc) is 2.79. The summed E-state index contributed by atoms with van der Waals surface area (Å²) in [6.45, 7) is 9.59. The zero-order valence-electron chi connectivity index (χ0n) is 19.6. The lowest BCUT2D eigenvalue weighted by Crippen LogP contribution is -2.20. The molecule has 0 aliphatic heterocycles. The van der Waals surface area contributed by atoms with Gasteiger partial charge in [-0.25, -0.2) is 0 Å². The Bertz CT molecular complexity index is 744. The van der Waals surface area contributed by atoms with Crippen LogP contribution in [0.25, 0.3) is 0 Å². The molecule has 180 valence electrons. The van der Waals surface area contributed by atoms with Crippen molar-refractivity contribution >= 4 is 17.6 Å². The molecule has 0 radical (unpaired) electrons. The van der Waals surface area contributed by atoms with E-state index >= 15 is 0 Å². The van der Waals surface area contributed by atoms with Crippen LogP contribution in [-0.4, -0.2) is 48.1 Å². The molecule has 0 aliphatic rings. The van der Waals surface area contributed by atoms with Gasteiger partial charge in [-0.1, -0.05) is 52.0 Å². The molecule has 0 aliphatic carbocycles. The normalized spacial score (nSPS) is 11.2. The van der Waals surface area contributed by atoms with Crippen LogP contribution in [0.3, 0.4) is 0 Å². The minimum Gasteiger partial charge on any atom is -0.494 e. The Labute approximate surface area is 196 Å². The number of carboxylic acid groups (broad SMARTS) is 1. The number of halogens is 2. The largest absolute Gasteiger partial charge is 0.494 e.